The Kier molecular flexibility index (Phi) is 5.80. The fraction of sp³-hybridized carbons (Fsp3) is 0.611. The molecule has 1 aliphatic carbocycles. The fourth-order valence-electron chi connectivity index (χ4n) is 3.26. The molecule has 0 aliphatic heterocycles. The molecule has 3 nitrogen and oxygen atoms in total. The molecule has 1 fully saturated rings. The van der Waals surface area contributed by atoms with Gasteiger partial charge in [-0.25, -0.2) is 4.79 Å². The van der Waals surface area contributed by atoms with E-state index < -0.39 is 5.97 Å². The van der Waals surface area contributed by atoms with E-state index in [9.17, 15) is 4.79 Å². The lowest BCUT2D eigenvalue weighted by Crippen LogP contribution is -2.32. The van der Waals surface area contributed by atoms with Gasteiger partial charge < -0.3 is 10.4 Å². The molecule has 0 aromatic heterocycles. The van der Waals surface area contributed by atoms with Gasteiger partial charge in [-0.15, -0.1) is 0 Å². The number of nitrogens with one attached hydrogen (secondary N) is 1. The van der Waals surface area contributed by atoms with Crippen LogP contribution >= 0.6 is 0 Å². The van der Waals surface area contributed by atoms with Crippen LogP contribution in [0.25, 0.3) is 0 Å². The Morgan fingerprint density at radius 1 is 1.38 bits per heavy atom. The van der Waals surface area contributed by atoms with Crippen LogP contribution in [-0.4, -0.2) is 17.1 Å². The maximum atomic E-state index is 11.0. The second kappa shape index (κ2) is 7.60. The largest absolute Gasteiger partial charge is 0.478 e. The van der Waals surface area contributed by atoms with Crippen molar-refractivity contribution in [2.24, 2.45) is 11.8 Å². The summed E-state index contributed by atoms with van der Waals surface area (Å²) in [6.45, 7) is 5.34. The van der Waals surface area contributed by atoms with Gasteiger partial charge >= 0.3 is 5.97 Å². The van der Waals surface area contributed by atoms with Gasteiger partial charge in [0.05, 0.1) is 5.56 Å². The van der Waals surface area contributed by atoms with Crippen LogP contribution in [0.1, 0.15) is 61.9 Å². The summed E-state index contributed by atoms with van der Waals surface area (Å²) >= 11 is 0. The zero-order chi connectivity index (χ0) is 15.2. The monoisotopic (exact) mass is 289 g/mol. The highest BCUT2D eigenvalue weighted by Crippen LogP contribution is 2.30. The van der Waals surface area contributed by atoms with Crippen LogP contribution in [0.5, 0.6) is 0 Å². The Morgan fingerprint density at radius 2 is 2.19 bits per heavy atom. The molecule has 0 saturated heterocycles. The van der Waals surface area contributed by atoms with Gasteiger partial charge in [0.1, 0.15) is 0 Å². The Morgan fingerprint density at radius 3 is 2.90 bits per heavy atom. The van der Waals surface area contributed by atoms with Crippen molar-refractivity contribution in [1.29, 1.82) is 0 Å². The molecular formula is C18H27NO2. The van der Waals surface area contributed by atoms with Crippen molar-refractivity contribution in [2.75, 3.05) is 0 Å². The number of aromatic carboxylic acids is 1. The molecule has 1 aromatic rings. The van der Waals surface area contributed by atoms with E-state index in [2.05, 4.69) is 19.2 Å². The van der Waals surface area contributed by atoms with Gasteiger partial charge in [0.2, 0.25) is 0 Å². The molecule has 0 radical (unpaired) electrons. The maximum absolute atomic E-state index is 11.0. The van der Waals surface area contributed by atoms with E-state index in [1.807, 2.05) is 12.1 Å². The zero-order valence-corrected chi connectivity index (χ0v) is 13.1. The first-order chi connectivity index (χ1) is 10.1. The van der Waals surface area contributed by atoms with Crippen LogP contribution in [0.4, 0.5) is 0 Å². The minimum absolute atomic E-state index is 0.372. The highest BCUT2D eigenvalue weighted by molar-refractivity contribution is 5.87. The standard InChI is InChI=1S/C18H27NO2/c1-13(2)9-10-15-6-4-8-17(15)19-12-14-5-3-7-16(11-14)18(20)21/h3,5,7,11,13,15,17,19H,4,6,8-10,12H2,1-2H3,(H,20,21). The average molecular weight is 289 g/mol. The molecule has 0 amide bonds. The molecule has 2 rings (SSSR count). The van der Waals surface area contributed by atoms with Crippen molar-refractivity contribution in [2.45, 2.75) is 58.5 Å². The number of carboxylic acids is 1. The van der Waals surface area contributed by atoms with E-state index in [0.717, 1.165) is 23.9 Å². The molecule has 21 heavy (non-hydrogen) atoms. The molecule has 2 N–H and O–H groups in total. The predicted octanol–water partition coefficient (Wildman–Crippen LogP) is 4.08. The lowest BCUT2D eigenvalue weighted by atomic mass is 9.93. The third-order valence-electron chi connectivity index (χ3n) is 4.52. The minimum Gasteiger partial charge on any atom is -0.478 e. The molecule has 0 heterocycles. The summed E-state index contributed by atoms with van der Waals surface area (Å²) in [6.07, 6.45) is 6.51. The van der Waals surface area contributed by atoms with Gasteiger partial charge in [-0.3, -0.25) is 0 Å². The highest BCUT2D eigenvalue weighted by atomic mass is 16.4. The molecule has 1 aliphatic rings. The maximum Gasteiger partial charge on any atom is 0.335 e. The molecule has 116 valence electrons. The van der Waals surface area contributed by atoms with E-state index in [1.165, 1.54) is 32.1 Å². The lowest BCUT2D eigenvalue weighted by Gasteiger charge is -2.22. The second-order valence-electron chi connectivity index (χ2n) is 6.66. The number of benzene rings is 1. The summed E-state index contributed by atoms with van der Waals surface area (Å²) in [5.74, 6) is 0.709. The Hall–Kier alpha value is -1.35. The summed E-state index contributed by atoms with van der Waals surface area (Å²) < 4.78 is 0. The number of hydrogen-bond donors (Lipinski definition) is 2. The molecule has 3 heteroatoms. The molecule has 0 bridgehead atoms. The third kappa shape index (κ3) is 4.85. The summed E-state index contributed by atoms with van der Waals surface area (Å²) in [6, 6.07) is 7.83. The minimum atomic E-state index is -0.854. The van der Waals surface area contributed by atoms with Crippen molar-refractivity contribution in [3.05, 3.63) is 35.4 Å². The van der Waals surface area contributed by atoms with Gasteiger partial charge in [-0.05, 0) is 48.8 Å². The molecule has 2 atom stereocenters. The van der Waals surface area contributed by atoms with Gasteiger partial charge in [0, 0.05) is 12.6 Å². The quantitative estimate of drug-likeness (QED) is 0.795. The summed E-state index contributed by atoms with van der Waals surface area (Å²) in [4.78, 5) is 11.0. The summed E-state index contributed by atoms with van der Waals surface area (Å²) in [5, 5.41) is 12.7. The Balaban J connectivity index is 1.86. The molecule has 2 unspecified atom stereocenters. The van der Waals surface area contributed by atoms with Crippen molar-refractivity contribution < 1.29 is 9.90 Å². The first kappa shape index (κ1) is 16.0. The van der Waals surface area contributed by atoms with Gasteiger partial charge in [-0.1, -0.05) is 38.8 Å². The first-order valence-electron chi connectivity index (χ1n) is 8.12. The number of hydrogen-bond acceptors (Lipinski definition) is 2. The Bertz CT molecular complexity index is 470. The molecule has 0 spiro atoms. The van der Waals surface area contributed by atoms with Gasteiger partial charge in [0.25, 0.3) is 0 Å². The van der Waals surface area contributed by atoms with E-state index >= 15 is 0 Å². The third-order valence-corrected chi connectivity index (χ3v) is 4.52. The van der Waals surface area contributed by atoms with Crippen LogP contribution in [0, 0.1) is 11.8 Å². The van der Waals surface area contributed by atoms with Gasteiger partial charge in [0.15, 0.2) is 0 Å². The van der Waals surface area contributed by atoms with Crippen LogP contribution in [-0.2, 0) is 6.54 Å². The highest BCUT2D eigenvalue weighted by Gasteiger charge is 2.26. The van der Waals surface area contributed by atoms with Crippen molar-refractivity contribution >= 4 is 5.97 Å². The summed E-state index contributed by atoms with van der Waals surface area (Å²) in [7, 11) is 0. The van der Waals surface area contributed by atoms with Gasteiger partial charge in [-0.2, -0.15) is 0 Å². The SMILES string of the molecule is CC(C)CCC1CCCC1NCc1cccc(C(=O)O)c1. The van der Waals surface area contributed by atoms with Crippen LogP contribution in [0.15, 0.2) is 24.3 Å². The number of carboxylic acid groups (broad SMARTS) is 1. The molecular weight excluding hydrogens is 262 g/mol. The molecule has 1 saturated carbocycles. The smallest absolute Gasteiger partial charge is 0.335 e. The molecule has 1 aromatic carbocycles. The Labute approximate surface area is 127 Å². The summed E-state index contributed by atoms with van der Waals surface area (Å²) in [5.41, 5.74) is 1.43. The van der Waals surface area contributed by atoms with Crippen LogP contribution in [0.2, 0.25) is 0 Å². The predicted molar refractivity (Wildman–Crippen MR) is 85.4 cm³/mol. The first-order valence-corrected chi connectivity index (χ1v) is 8.12. The average Bonchev–Trinajstić information content (AvgIpc) is 2.90. The second-order valence-corrected chi connectivity index (χ2v) is 6.66. The topological polar surface area (TPSA) is 49.3 Å². The van der Waals surface area contributed by atoms with E-state index in [1.54, 1.807) is 12.1 Å². The van der Waals surface area contributed by atoms with E-state index in [4.69, 9.17) is 5.11 Å². The zero-order valence-electron chi connectivity index (χ0n) is 13.1. The fourth-order valence-corrected chi connectivity index (χ4v) is 3.26. The number of rotatable bonds is 7. The van der Waals surface area contributed by atoms with E-state index in [-0.39, 0.29) is 0 Å². The van der Waals surface area contributed by atoms with Crippen molar-refractivity contribution in [3.63, 3.8) is 0 Å². The van der Waals surface area contributed by atoms with Crippen LogP contribution in [0.3, 0.4) is 0 Å². The lowest BCUT2D eigenvalue weighted by molar-refractivity contribution is 0.0696. The van der Waals surface area contributed by atoms with Crippen molar-refractivity contribution in [3.8, 4) is 0 Å². The number of carbonyl (C=O) groups is 1. The normalized spacial score (nSPS) is 21.9. The van der Waals surface area contributed by atoms with E-state index in [0.29, 0.717) is 11.6 Å². The van der Waals surface area contributed by atoms with Crippen LogP contribution < -0.4 is 5.32 Å². The van der Waals surface area contributed by atoms with Crippen molar-refractivity contribution in [1.82, 2.24) is 5.32 Å².